The van der Waals surface area contributed by atoms with Crippen LogP contribution in [-0.2, 0) is 20.4 Å². The van der Waals surface area contributed by atoms with Crippen molar-refractivity contribution in [3.63, 3.8) is 0 Å². The third-order valence-electron chi connectivity index (χ3n) is 7.16. The van der Waals surface area contributed by atoms with Crippen LogP contribution in [-0.4, -0.2) is 54.5 Å². The summed E-state index contributed by atoms with van der Waals surface area (Å²) in [6.45, 7) is 9.24. The second kappa shape index (κ2) is 6.23. The predicted octanol–water partition coefficient (Wildman–Crippen LogP) is 2.20. The van der Waals surface area contributed by atoms with Crippen molar-refractivity contribution in [2.24, 2.45) is 16.7 Å². The molecule has 3 aliphatic rings. The van der Waals surface area contributed by atoms with Gasteiger partial charge < -0.3 is 4.74 Å². The van der Waals surface area contributed by atoms with Gasteiger partial charge in [-0.25, -0.2) is 5.01 Å². The number of amides is 1. The molecule has 2 saturated carbocycles. The van der Waals surface area contributed by atoms with E-state index >= 15 is 0 Å². The first-order chi connectivity index (χ1) is 10.8. The summed E-state index contributed by atoms with van der Waals surface area (Å²) in [4.78, 5) is 12.4. The average Bonchev–Trinajstić information content (AvgIpc) is 3.10. The highest BCUT2D eigenvalue weighted by Crippen LogP contribution is 2.67. The number of carbonyl (C=O) groups excluding carboxylic acids is 1. The molecule has 23 heavy (non-hydrogen) atoms. The van der Waals surface area contributed by atoms with Gasteiger partial charge in [-0.1, -0.05) is 20.8 Å². The summed E-state index contributed by atoms with van der Waals surface area (Å²) >= 11 is 0. The summed E-state index contributed by atoms with van der Waals surface area (Å²) in [7, 11) is 1.92. The van der Waals surface area contributed by atoms with E-state index in [9.17, 15) is 4.79 Å². The van der Waals surface area contributed by atoms with E-state index in [1.54, 1.807) is 0 Å². The van der Waals surface area contributed by atoms with Crippen molar-refractivity contribution < 1.29 is 9.53 Å². The van der Waals surface area contributed by atoms with Crippen molar-refractivity contribution >= 4 is 16.8 Å². The van der Waals surface area contributed by atoms with Gasteiger partial charge in [-0.15, -0.1) is 0 Å². The second-order valence-corrected chi connectivity index (χ2v) is 10.7. The molecule has 0 spiro atoms. The van der Waals surface area contributed by atoms with Gasteiger partial charge in [-0.05, 0) is 42.0 Å². The lowest BCUT2D eigenvalue weighted by atomic mass is 9.70. The lowest BCUT2D eigenvalue weighted by Crippen LogP contribution is -2.48. The summed E-state index contributed by atoms with van der Waals surface area (Å²) in [5.41, 5.74) is 3.67. The maximum Gasteiger partial charge on any atom is 0.284 e. The minimum absolute atomic E-state index is 0.0589. The number of hydrazine groups is 1. The van der Waals surface area contributed by atoms with Gasteiger partial charge in [0.1, 0.15) is 11.4 Å². The fourth-order valence-corrected chi connectivity index (χ4v) is 7.99. The Kier molecular flexibility index (Phi) is 4.76. The molecule has 0 aromatic rings. The first-order valence-electron chi connectivity index (χ1n) is 9.00. The molecular formula is C18H33N2O2S+. The Morgan fingerprint density at radius 1 is 1.30 bits per heavy atom. The SMILES string of the molecule is CO[C@@H]1[C@H]([S+](C)CC(=O)NN2CCCC2)C2CC[C@]1(C)C2(C)C. The molecule has 5 heteroatoms. The van der Waals surface area contributed by atoms with Crippen molar-refractivity contribution in [1.29, 1.82) is 0 Å². The quantitative estimate of drug-likeness (QED) is 0.780. The maximum atomic E-state index is 12.4. The number of nitrogens with zero attached hydrogens (tertiary/aromatic N) is 1. The fraction of sp³-hybridized carbons (Fsp3) is 0.944. The van der Waals surface area contributed by atoms with Crippen LogP contribution in [0.25, 0.3) is 0 Å². The Hall–Kier alpha value is -0.260. The van der Waals surface area contributed by atoms with Gasteiger partial charge >= 0.3 is 0 Å². The minimum Gasteiger partial charge on any atom is -0.376 e. The van der Waals surface area contributed by atoms with Crippen LogP contribution >= 0.6 is 0 Å². The van der Waals surface area contributed by atoms with Crippen LogP contribution in [0.1, 0.15) is 46.5 Å². The van der Waals surface area contributed by atoms with Crippen LogP contribution < -0.4 is 5.43 Å². The molecule has 1 aliphatic heterocycles. The summed E-state index contributed by atoms with van der Waals surface area (Å²) in [5, 5.41) is 2.61. The number of methoxy groups -OCH3 is 1. The summed E-state index contributed by atoms with van der Waals surface area (Å²) in [6.07, 6.45) is 7.52. The molecule has 2 aliphatic carbocycles. The molecule has 0 aromatic heterocycles. The van der Waals surface area contributed by atoms with Gasteiger partial charge in [0.05, 0.1) is 6.26 Å². The monoisotopic (exact) mass is 341 g/mol. The summed E-state index contributed by atoms with van der Waals surface area (Å²) < 4.78 is 6.00. The van der Waals surface area contributed by atoms with E-state index in [1.807, 2.05) is 7.11 Å². The maximum absolute atomic E-state index is 12.4. The minimum atomic E-state index is 0.0589. The Balaban J connectivity index is 1.67. The molecule has 2 unspecified atom stereocenters. The number of nitrogens with one attached hydrogen (secondary N) is 1. The Bertz CT molecular complexity index is 464. The molecule has 132 valence electrons. The topological polar surface area (TPSA) is 41.6 Å². The van der Waals surface area contributed by atoms with Crippen LogP contribution in [0, 0.1) is 16.7 Å². The molecule has 3 fully saturated rings. The van der Waals surface area contributed by atoms with Crippen molar-refractivity contribution in [3.8, 4) is 0 Å². The third kappa shape index (κ3) is 2.73. The van der Waals surface area contributed by atoms with Crippen LogP contribution in [0.4, 0.5) is 0 Å². The van der Waals surface area contributed by atoms with Crippen molar-refractivity contribution in [3.05, 3.63) is 0 Å². The highest BCUT2D eigenvalue weighted by molar-refractivity contribution is 7.97. The molecule has 1 heterocycles. The molecule has 3 rings (SSSR count). The molecule has 2 bridgehead atoms. The number of hydrogen-bond acceptors (Lipinski definition) is 3. The van der Waals surface area contributed by atoms with E-state index in [-0.39, 0.29) is 22.2 Å². The van der Waals surface area contributed by atoms with Crippen molar-refractivity contribution in [2.45, 2.75) is 57.8 Å². The summed E-state index contributed by atoms with van der Waals surface area (Å²) in [5.74, 6) is 1.52. The van der Waals surface area contributed by atoms with Crippen molar-refractivity contribution in [2.75, 3.05) is 32.2 Å². The number of hydrogen-bond donors (Lipinski definition) is 1. The number of rotatable bonds is 5. The number of ether oxygens (including phenoxy) is 1. The molecule has 4 nitrogen and oxygen atoms in total. The van der Waals surface area contributed by atoms with Gasteiger partial charge in [0, 0.05) is 31.5 Å². The smallest absolute Gasteiger partial charge is 0.284 e. The number of fused-ring (bicyclic) bond motifs is 2. The fourth-order valence-electron chi connectivity index (χ4n) is 5.45. The molecule has 5 atom stereocenters. The normalized spacial score (nSPS) is 40.5. The van der Waals surface area contributed by atoms with E-state index in [0.29, 0.717) is 28.4 Å². The molecule has 1 saturated heterocycles. The lowest BCUT2D eigenvalue weighted by molar-refractivity contribution is -0.122. The van der Waals surface area contributed by atoms with Gasteiger partial charge in [0.2, 0.25) is 0 Å². The Morgan fingerprint density at radius 3 is 2.57 bits per heavy atom. The van der Waals surface area contributed by atoms with E-state index in [0.717, 1.165) is 13.1 Å². The standard InChI is InChI=1S/C18H32N2O2S/c1-17(2)13-8-9-18(17,3)16(22-4)15(13)23(5)12-14(21)19-20-10-6-7-11-20/h13,15-16H,6-12H2,1-5H3/p+1/t13?,15-,16-,18+,23?/m1/s1. The van der Waals surface area contributed by atoms with Crippen molar-refractivity contribution in [1.82, 2.24) is 10.4 Å². The van der Waals surface area contributed by atoms with Crippen LogP contribution in [0.3, 0.4) is 0 Å². The zero-order valence-electron chi connectivity index (χ0n) is 15.4. The lowest BCUT2D eigenvalue weighted by Gasteiger charge is -2.38. The van der Waals surface area contributed by atoms with Gasteiger partial charge in [0.25, 0.3) is 5.91 Å². The van der Waals surface area contributed by atoms with E-state index in [2.05, 4.69) is 37.5 Å². The zero-order chi connectivity index (χ0) is 16.8. The van der Waals surface area contributed by atoms with Crippen LogP contribution in [0.2, 0.25) is 0 Å². The van der Waals surface area contributed by atoms with Crippen LogP contribution in [0.5, 0.6) is 0 Å². The van der Waals surface area contributed by atoms with E-state index in [4.69, 9.17) is 4.74 Å². The van der Waals surface area contributed by atoms with E-state index < -0.39 is 0 Å². The van der Waals surface area contributed by atoms with E-state index in [1.165, 1.54) is 25.7 Å². The summed E-state index contributed by atoms with van der Waals surface area (Å²) in [6, 6.07) is 0. The highest BCUT2D eigenvalue weighted by Gasteiger charge is 2.70. The first kappa shape index (κ1) is 17.6. The molecule has 1 amide bonds. The Labute approximate surface area is 144 Å². The predicted molar refractivity (Wildman–Crippen MR) is 96.3 cm³/mol. The molecule has 0 radical (unpaired) electrons. The van der Waals surface area contributed by atoms with Gasteiger partial charge in [-0.3, -0.25) is 10.2 Å². The number of carbonyl (C=O) groups is 1. The highest BCUT2D eigenvalue weighted by atomic mass is 32.2. The first-order valence-corrected chi connectivity index (χ1v) is 10.9. The second-order valence-electron chi connectivity index (χ2n) is 8.47. The average molecular weight is 342 g/mol. The third-order valence-corrected chi connectivity index (χ3v) is 9.39. The van der Waals surface area contributed by atoms with Crippen LogP contribution in [0.15, 0.2) is 0 Å². The molecule has 0 aromatic carbocycles. The molecular weight excluding hydrogens is 308 g/mol. The molecule has 1 N–H and O–H groups in total. The Morgan fingerprint density at radius 2 is 1.96 bits per heavy atom. The van der Waals surface area contributed by atoms with Gasteiger partial charge in [-0.2, -0.15) is 0 Å². The van der Waals surface area contributed by atoms with Gasteiger partial charge in [0.15, 0.2) is 5.75 Å². The largest absolute Gasteiger partial charge is 0.376 e. The zero-order valence-corrected chi connectivity index (χ0v) is 16.2.